The van der Waals surface area contributed by atoms with E-state index < -0.39 is 0 Å². The molecule has 0 aromatic carbocycles. The number of Topliss-reactive ketones (excluding diaryl/α,β-unsaturated/α-hetero) is 1. The van der Waals surface area contributed by atoms with Crippen molar-refractivity contribution in [3.8, 4) is 0 Å². The van der Waals surface area contributed by atoms with Crippen molar-refractivity contribution < 1.29 is 29.0 Å². The maximum atomic E-state index is 12.0. The van der Waals surface area contributed by atoms with Gasteiger partial charge in [0.15, 0.2) is 0 Å². The van der Waals surface area contributed by atoms with Crippen LogP contribution in [0.25, 0.3) is 0 Å². The van der Waals surface area contributed by atoms with Crippen molar-refractivity contribution in [3.05, 3.63) is 23.3 Å². The number of allylic oxidation sites excluding steroid dienone is 3. The summed E-state index contributed by atoms with van der Waals surface area (Å²) in [5.74, 6) is 7.80. The smallest absolute Gasteiger partial charge is 0.305 e. The van der Waals surface area contributed by atoms with Crippen molar-refractivity contribution in [1.29, 1.82) is 0 Å². The summed E-state index contributed by atoms with van der Waals surface area (Å²) in [7, 11) is 2.99. The van der Waals surface area contributed by atoms with E-state index >= 15 is 0 Å². The minimum Gasteiger partial charge on any atom is -0.469 e. The molecule has 0 aliphatic heterocycles. The van der Waals surface area contributed by atoms with Gasteiger partial charge in [-0.15, -0.1) is 23.2 Å². The van der Waals surface area contributed by atoms with E-state index in [1.165, 1.54) is 90.4 Å². The van der Waals surface area contributed by atoms with E-state index in [4.69, 9.17) is 32.7 Å². The van der Waals surface area contributed by atoms with Crippen LogP contribution in [0.3, 0.4) is 0 Å². The number of rotatable bonds is 8. The lowest BCUT2D eigenvalue weighted by Gasteiger charge is -2.58. The number of hydrogen-bond acceptors (Lipinski definition) is 6. The van der Waals surface area contributed by atoms with E-state index in [2.05, 4.69) is 53.7 Å². The first-order valence-corrected chi connectivity index (χ1v) is 24.9. The molecule has 0 amide bonds. The first kappa shape index (κ1) is 47.1. The Morgan fingerprint density at radius 1 is 0.695 bits per heavy atom. The summed E-state index contributed by atoms with van der Waals surface area (Å²) in [6.45, 7) is 14.8. The number of ketones is 1. The van der Waals surface area contributed by atoms with Crippen LogP contribution in [0.5, 0.6) is 0 Å². The standard InChI is InChI=1S/C25H40O3.C25H38O3.CH2Cl2/c2*1-16(5-10-23(27)28-4)20-8-9-21-19-7-6-17-15-18(26)11-13-24(17,2)22(19)12-14-25(20,21)3;2-1-3/h6,16,18-22,26H,5,7-15H2,1-4H3;6,16,19-22H,5,7-15H2,1-4H3;1H2/t16-,18+,19+,20-,21+,22+,24+,25-;16-,19+,20-,21+,22+,24+,25-;/m11./s1. The molecule has 8 rings (SSSR count). The van der Waals surface area contributed by atoms with Gasteiger partial charge < -0.3 is 14.6 Å². The molecular weight excluding hydrogens is 779 g/mol. The first-order valence-electron chi connectivity index (χ1n) is 23.8. The summed E-state index contributed by atoms with van der Waals surface area (Å²) >= 11 is 9.53. The number of esters is 2. The molecule has 0 saturated heterocycles. The zero-order chi connectivity index (χ0) is 42.9. The first-order chi connectivity index (χ1) is 28.0. The van der Waals surface area contributed by atoms with Crippen LogP contribution in [0, 0.1) is 80.8 Å². The molecule has 0 heterocycles. The van der Waals surface area contributed by atoms with E-state index in [-0.39, 0.29) is 28.8 Å². The second kappa shape index (κ2) is 19.2. The van der Waals surface area contributed by atoms with E-state index in [9.17, 15) is 19.5 Å². The van der Waals surface area contributed by atoms with Gasteiger partial charge in [0, 0.05) is 25.7 Å². The van der Waals surface area contributed by atoms with Gasteiger partial charge in [0.1, 0.15) is 5.78 Å². The Morgan fingerprint density at radius 2 is 1.15 bits per heavy atom. The summed E-state index contributed by atoms with van der Waals surface area (Å²) in [5, 5.41) is 10.4. The highest BCUT2D eigenvalue weighted by Gasteiger charge is 2.61. The van der Waals surface area contributed by atoms with Crippen LogP contribution in [-0.2, 0) is 23.9 Å². The quantitative estimate of drug-likeness (QED) is 0.149. The molecule has 59 heavy (non-hydrogen) atoms. The van der Waals surface area contributed by atoms with Crippen molar-refractivity contribution in [1.82, 2.24) is 0 Å². The molecule has 8 aliphatic carbocycles. The summed E-state index contributed by atoms with van der Waals surface area (Å²) in [6, 6.07) is 0. The monoisotopic (exact) mass is 859 g/mol. The SMILES string of the molecule is COC(=O)CC[C@@H](C)[C@H]1CC[C@H]2[C@@H]3CC=C4CC(=O)CC[C@]4(C)[C@H]3CC[C@]12C.COC(=O)CC[C@@H](C)[C@H]1CC[C@H]2[C@@H]3CC=C4C[C@@H](O)CC[C@]4(C)[C@H]3CC[C@]12C.ClCCl. The fraction of sp³-hybridized carbons (Fsp3) is 0.863. The number of halogens is 2. The zero-order valence-electron chi connectivity index (χ0n) is 38.1. The zero-order valence-corrected chi connectivity index (χ0v) is 39.6. The number of alkyl halides is 2. The average molecular weight is 860 g/mol. The van der Waals surface area contributed by atoms with Gasteiger partial charge in [0.05, 0.1) is 25.7 Å². The van der Waals surface area contributed by atoms with Gasteiger partial charge in [-0.1, -0.05) is 64.8 Å². The van der Waals surface area contributed by atoms with E-state index in [1.54, 1.807) is 5.57 Å². The maximum Gasteiger partial charge on any atom is 0.305 e. The molecule has 0 aromatic heterocycles. The third-order valence-corrected chi connectivity index (χ3v) is 19.6. The number of methoxy groups -OCH3 is 2. The summed E-state index contributed by atoms with van der Waals surface area (Å²) in [5.41, 5.74) is 4.49. The Balaban J connectivity index is 0.000000186. The van der Waals surface area contributed by atoms with E-state index in [0.29, 0.717) is 46.7 Å². The van der Waals surface area contributed by atoms with Crippen molar-refractivity contribution >= 4 is 40.9 Å². The summed E-state index contributed by atoms with van der Waals surface area (Å²) in [4.78, 5) is 35.3. The van der Waals surface area contributed by atoms with Crippen LogP contribution in [0.2, 0.25) is 0 Å². The minimum absolute atomic E-state index is 0.0624. The number of carbonyl (C=O) groups is 3. The Kier molecular flexibility index (Phi) is 15.3. The van der Waals surface area contributed by atoms with Gasteiger partial charge in [-0.3, -0.25) is 14.4 Å². The molecule has 15 atom stereocenters. The Morgan fingerprint density at radius 3 is 1.63 bits per heavy atom. The Bertz CT molecular complexity index is 1570. The van der Waals surface area contributed by atoms with Crippen molar-refractivity contribution in [2.24, 2.45) is 80.8 Å². The van der Waals surface area contributed by atoms with Crippen LogP contribution >= 0.6 is 23.2 Å². The maximum absolute atomic E-state index is 12.0. The molecule has 6 fully saturated rings. The Hall–Kier alpha value is -1.37. The van der Waals surface area contributed by atoms with Crippen molar-refractivity contribution in [2.45, 2.75) is 176 Å². The van der Waals surface area contributed by atoms with Gasteiger partial charge >= 0.3 is 11.9 Å². The van der Waals surface area contributed by atoms with Gasteiger partial charge in [0.2, 0.25) is 0 Å². The van der Waals surface area contributed by atoms with Gasteiger partial charge in [-0.2, -0.15) is 0 Å². The van der Waals surface area contributed by atoms with Gasteiger partial charge in [-0.05, 0) is 184 Å². The second-order valence-corrected chi connectivity index (χ2v) is 22.7. The topological polar surface area (TPSA) is 89.9 Å². The number of ether oxygens (including phenoxy) is 2. The molecule has 6 nitrogen and oxygen atoms in total. The number of carbonyl (C=O) groups excluding carboxylic acids is 3. The van der Waals surface area contributed by atoms with Crippen molar-refractivity contribution in [3.63, 3.8) is 0 Å². The fourth-order valence-corrected chi connectivity index (χ4v) is 16.4. The van der Waals surface area contributed by atoms with Crippen LogP contribution in [0.1, 0.15) is 170 Å². The molecule has 0 radical (unpaired) electrons. The number of aliphatic hydroxyl groups excluding tert-OH is 1. The highest BCUT2D eigenvalue weighted by atomic mass is 35.5. The molecule has 8 aliphatic rings. The molecule has 6 saturated carbocycles. The molecule has 0 unspecified atom stereocenters. The largest absolute Gasteiger partial charge is 0.469 e. The van der Waals surface area contributed by atoms with Crippen LogP contribution in [0.15, 0.2) is 23.3 Å². The van der Waals surface area contributed by atoms with E-state index in [0.717, 1.165) is 92.3 Å². The molecule has 8 heteroatoms. The lowest BCUT2D eigenvalue weighted by Crippen LogP contribution is -2.50. The predicted octanol–water partition coefficient (Wildman–Crippen LogP) is 12.7. The third kappa shape index (κ3) is 9.05. The van der Waals surface area contributed by atoms with Gasteiger partial charge in [-0.25, -0.2) is 0 Å². The molecule has 334 valence electrons. The molecular formula is C51H80Cl2O6. The van der Waals surface area contributed by atoms with Crippen LogP contribution in [-0.4, -0.2) is 48.5 Å². The average Bonchev–Trinajstić information content (AvgIpc) is 3.76. The highest BCUT2D eigenvalue weighted by molar-refractivity contribution is 6.40. The molecule has 0 bridgehead atoms. The summed E-state index contributed by atoms with van der Waals surface area (Å²) < 4.78 is 9.74. The third-order valence-electron chi connectivity index (χ3n) is 19.6. The number of aliphatic hydroxyl groups is 1. The lowest BCUT2D eigenvalue weighted by molar-refractivity contribution is -0.142. The van der Waals surface area contributed by atoms with Crippen molar-refractivity contribution in [2.75, 3.05) is 19.6 Å². The Labute approximate surface area is 368 Å². The molecule has 0 spiro atoms. The number of hydrogen-bond donors (Lipinski definition) is 1. The van der Waals surface area contributed by atoms with Gasteiger partial charge in [0.25, 0.3) is 0 Å². The van der Waals surface area contributed by atoms with Crippen LogP contribution in [0.4, 0.5) is 0 Å². The van der Waals surface area contributed by atoms with Crippen LogP contribution < -0.4 is 0 Å². The second-order valence-electron chi connectivity index (χ2n) is 21.9. The summed E-state index contributed by atoms with van der Waals surface area (Å²) in [6.07, 6.45) is 26.7. The predicted molar refractivity (Wildman–Crippen MR) is 239 cm³/mol. The van der Waals surface area contributed by atoms with E-state index in [1.807, 2.05) is 0 Å². The normalized spacial score (nSPS) is 42.8. The number of fused-ring (bicyclic) bond motifs is 10. The highest BCUT2D eigenvalue weighted by Crippen LogP contribution is 2.69. The molecule has 1 N–H and O–H groups in total. The minimum atomic E-state index is -0.115. The fourth-order valence-electron chi connectivity index (χ4n) is 16.4. The lowest BCUT2D eigenvalue weighted by atomic mass is 9.47. The molecule has 0 aromatic rings.